The molecule has 3 aromatic rings. The second-order valence-corrected chi connectivity index (χ2v) is 15.4. The SMILES string of the molecule is CCOCC.CCOCC.Cc1cc(Cc2cc(C(C)(C)C)cc(Cc3cc(C)cc(C(C)(C)C)c3O)c2[O-])c(O)c(C(C)(C)C)c1.[Li+]. The molecule has 6 heteroatoms. The Hall–Kier alpha value is -2.42. The van der Waals surface area contributed by atoms with E-state index in [0.29, 0.717) is 24.0 Å². The van der Waals surface area contributed by atoms with E-state index in [-0.39, 0.29) is 52.4 Å². The number of ether oxygens (including phenoxy) is 2. The van der Waals surface area contributed by atoms with Gasteiger partial charge in [-0.25, -0.2) is 0 Å². The number of rotatable bonds is 8. The average Bonchev–Trinajstić information content (AvgIpc) is 2.94. The van der Waals surface area contributed by atoms with Gasteiger partial charge in [0.15, 0.2) is 0 Å². The summed E-state index contributed by atoms with van der Waals surface area (Å²) in [5, 5.41) is 36.2. The van der Waals surface area contributed by atoms with E-state index in [1.54, 1.807) is 0 Å². The zero-order valence-corrected chi connectivity index (χ0v) is 33.3. The number of hydrogen-bond acceptors (Lipinski definition) is 5. The molecular formula is C42H65LiO5. The molecule has 5 nitrogen and oxygen atoms in total. The smallest absolute Gasteiger partial charge is 0.872 e. The topological polar surface area (TPSA) is 82.0 Å². The molecule has 0 aliphatic rings. The molecule has 0 spiro atoms. The summed E-state index contributed by atoms with van der Waals surface area (Å²) in [7, 11) is 0. The zero-order valence-electron chi connectivity index (χ0n) is 33.3. The van der Waals surface area contributed by atoms with Crippen LogP contribution in [0.4, 0.5) is 0 Å². The number of phenols is 2. The Morgan fingerprint density at radius 1 is 0.521 bits per heavy atom. The minimum atomic E-state index is -0.211. The van der Waals surface area contributed by atoms with Crippen LogP contribution in [0.5, 0.6) is 17.2 Å². The van der Waals surface area contributed by atoms with Gasteiger partial charge in [-0.1, -0.05) is 121 Å². The molecule has 264 valence electrons. The third-order valence-corrected chi connectivity index (χ3v) is 7.97. The Bertz CT molecular complexity index is 1320. The molecule has 0 radical (unpaired) electrons. The van der Waals surface area contributed by atoms with Crippen molar-refractivity contribution in [2.45, 2.75) is 133 Å². The fourth-order valence-electron chi connectivity index (χ4n) is 5.39. The Balaban J connectivity index is 0.00000175. The Morgan fingerprint density at radius 3 is 1.06 bits per heavy atom. The Labute approximate surface area is 305 Å². The maximum atomic E-state index is 13.8. The van der Waals surface area contributed by atoms with E-state index in [4.69, 9.17) is 9.47 Å². The van der Waals surface area contributed by atoms with Gasteiger partial charge in [-0.15, -0.1) is 5.75 Å². The first-order valence-corrected chi connectivity index (χ1v) is 17.3. The molecule has 3 aromatic carbocycles. The second kappa shape index (κ2) is 19.7. The molecule has 0 fully saturated rings. The van der Waals surface area contributed by atoms with E-state index in [9.17, 15) is 15.3 Å². The molecule has 0 atom stereocenters. The van der Waals surface area contributed by atoms with Gasteiger partial charge in [0.2, 0.25) is 0 Å². The molecule has 48 heavy (non-hydrogen) atoms. The van der Waals surface area contributed by atoms with Gasteiger partial charge in [0.05, 0.1) is 0 Å². The van der Waals surface area contributed by atoms with Crippen molar-refractivity contribution in [3.8, 4) is 17.2 Å². The standard InChI is InChI=1S/C34H46O3.2C4H10O.Li/c1-20-12-22(30(36)27(14-20)33(6,7)8)16-24-18-26(32(3,4)5)19-25(29(24)35)17-23-13-21(2)15-28(31(23)37)34(9,10)11;2*1-3-5-4-2;/h12-15,18-19,35-37H,16-17H2,1-11H3;2*3-4H2,1-2H3;/q;;;+1/p-1. The van der Waals surface area contributed by atoms with Crippen LogP contribution in [0.1, 0.15) is 140 Å². The minimum Gasteiger partial charge on any atom is -0.872 e. The third kappa shape index (κ3) is 13.8. The van der Waals surface area contributed by atoms with Crippen molar-refractivity contribution < 1.29 is 43.7 Å². The summed E-state index contributed by atoms with van der Waals surface area (Å²) in [6.07, 6.45) is 0.721. The number of aromatic hydroxyl groups is 2. The molecule has 0 heterocycles. The summed E-state index contributed by atoms with van der Waals surface area (Å²) >= 11 is 0. The van der Waals surface area contributed by atoms with Crippen molar-refractivity contribution in [3.63, 3.8) is 0 Å². The first-order valence-electron chi connectivity index (χ1n) is 17.3. The van der Waals surface area contributed by atoms with Crippen molar-refractivity contribution in [3.05, 3.63) is 86.5 Å². The van der Waals surface area contributed by atoms with Crippen LogP contribution in [0.2, 0.25) is 0 Å². The summed E-state index contributed by atoms with van der Waals surface area (Å²) in [4.78, 5) is 0. The van der Waals surface area contributed by atoms with E-state index in [1.807, 2.05) is 77.9 Å². The van der Waals surface area contributed by atoms with Gasteiger partial charge < -0.3 is 24.8 Å². The van der Waals surface area contributed by atoms with E-state index >= 15 is 0 Å². The van der Waals surface area contributed by atoms with Crippen LogP contribution in [0, 0.1) is 13.8 Å². The molecule has 0 aromatic heterocycles. The third-order valence-electron chi connectivity index (χ3n) is 7.97. The van der Waals surface area contributed by atoms with Gasteiger partial charge >= 0.3 is 18.9 Å². The van der Waals surface area contributed by atoms with E-state index in [1.165, 1.54) is 0 Å². The molecule has 0 aliphatic carbocycles. The average molecular weight is 657 g/mol. The van der Waals surface area contributed by atoms with Crippen molar-refractivity contribution in [1.82, 2.24) is 0 Å². The summed E-state index contributed by atoms with van der Waals surface area (Å²) in [6, 6.07) is 12.0. The van der Waals surface area contributed by atoms with Gasteiger partial charge in [-0.05, 0) is 85.6 Å². The van der Waals surface area contributed by atoms with Crippen LogP contribution in [0.15, 0.2) is 36.4 Å². The largest absolute Gasteiger partial charge is 1.00 e. The van der Waals surface area contributed by atoms with Gasteiger partial charge in [0.25, 0.3) is 0 Å². The molecule has 2 N–H and O–H groups in total. The zero-order chi connectivity index (χ0) is 36.3. The molecule has 0 bridgehead atoms. The van der Waals surface area contributed by atoms with E-state index in [2.05, 4.69) is 62.3 Å². The summed E-state index contributed by atoms with van der Waals surface area (Å²) in [6.45, 7) is 34.3. The van der Waals surface area contributed by atoms with Crippen molar-refractivity contribution in [2.24, 2.45) is 0 Å². The van der Waals surface area contributed by atoms with Crippen LogP contribution < -0.4 is 24.0 Å². The number of phenolic OH excluding ortho intramolecular Hbond substituents is 2. The molecule has 0 amide bonds. The summed E-state index contributed by atoms with van der Waals surface area (Å²) < 4.78 is 9.67. The van der Waals surface area contributed by atoms with Crippen LogP contribution in [0.25, 0.3) is 0 Å². The number of benzene rings is 3. The monoisotopic (exact) mass is 656 g/mol. The molecule has 0 aliphatic heterocycles. The van der Waals surface area contributed by atoms with Gasteiger partial charge in [0, 0.05) is 39.3 Å². The molecular weight excluding hydrogens is 591 g/mol. The molecule has 3 rings (SSSR count). The van der Waals surface area contributed by atoms with Crippen LogP contribution in [-0.4, -0.2) is 36.6 Å². The number of aryl methyl sites for hydroxylation is 2. The number of hydrogen-bond donors (Lipinski definition) is 2. The van der Waals surface area contributed by atoms with Crippen LogP contribution >= 0.6 is 0 Å². The maximum absolute atomic E-state index is 13.8. The second-order valence-electron chi connectivity index (χ2n) is 15.4. The Kier molecular flexibility index (Phi) is 18.7. The van der Waals surface area contributed by atoms with Crippen molar-refractivity contribution >= 4 is 0 Å². The van der Waals surface area contributed by atoms with Crippen LogP contribution in [-0.2, 0) is 38.6 Å². The minimum absolute atomic E-state index is 0. The summed E-state index contributed by atoms with van der Waals surface area (Å²) in [5.74, 6) is 0.516. The molecule has 0 unspecified atom stereocenters. The first kappa shape index (κ1) is 45.6. The summed E-state index contributed by atoms with van der Waals surface area (Å²) in [5.41, 5.74) is 7.29. The van der Waals surface area contributed by atoms with E-state index < -0.39 is 0 Å². The van der Waals surface area contributed by atoms with E-state index in [0.717, 1.165) is 65.4 Å². The first-order chi connectivity index (χ1) is 21.6. The fraction of sp³-hybridized carbons (Fsp3) is 0.571. The van der Waals surface area contributed by atoms with Gasteiger partial charge in [-0.2, -0.15) is 0 Å². The Morgan fingerprint density at radius 2 is 0.833 bits per heavy atom. The predicted molar refractivity (Wildman–Crippen MR) is 198 cm³/mol. The van der Waals surface area contributed by atoms with Crippen molar-refractivity contribution in [2.75, 3.05) is 26.4 Å². The quantitative estimate of drug-likeness (QED) is 0.257. The normalized spacial score (nSPS) is 11.6. The molecule has 0 saturated heterocycles. The van der Waals surface area contributed by atoms with Crippen LogP contribution in [0.3, 0.4) is 0 Å². The maximum Gasteiger partial charge on any atom is 1.00 e. The van der Waals surface area contributed by atoms with Gasteiger partial charge in [0.1, 0.15) is 11.5 Å². The molecule has 0 saturated carbocycles. The van der Waals surface area contributed by atoms with Gasteiger partial charge in [-0.3, -0.25) is 0 Å². The fourth-order valence-corrected chi connectivity index (χ4v) is 5.39. The van der Waals surface area contributed by atoms with Crippen molar-refractivity contribution in [1.29, 1.82) is 0 Å². The predicted octanol–water partition coefficient (Wildman–Crippen LogP) is 6.95.